The Kier molecular flexibility index (Phi) is 7.05. The summed E-state index contributed by atoms with van der Waals surface area (Å²) >= 11 is 0. The number of para-hydroxylation sites is 1. The maximum absolute atomic E-state index is 6.01. The van der Waals surface area contributed by atoms with E-state index in [1.807, 2.05) is 18.2 Å². The van der Waals surface area contributed by atoms with Crippen molar-refractivity contribution in [1.82, 2.24) is 10.3 Å². The molecule has 1 aliphatic carbocycles. The van der Waals surface area contributed by atoms with E-state index in [0.29, 0.717) is 6.04 Å². The average molecular weight is 469 g/mol. The Labute approximate surface area is 208 Å². The number of aromatic nitrogens is 1. The summed E-state index contributed by atoms with van der Waals surface area (Å²) in [5.41, 5.74) is 4.63. The number of benzene rings is 2. The molecule has 0 spiro atoms. The van der Waals surface area contributed by atoms with Crippen LogP contribution in [-0.2, 0) is 6.54 Å². The lowest BCUT2D eigenvalue weighted by Crippen LogP contribution is -2.31. The number of pyridine rings is 1. The van der Waals surface area contributed by atoms with Crippen LogP contribution >= 0.6 is 0 Å². The maximum Gasteiger partial charge on any atom is 0.134 e. The van der Waals surface area contributed by atoms with E-state index in [2.05, 4.69) is 85.1 Å². The molecule has 0 unspecified atom stereocenters. The number of nitrogens with zero attached hydrogens (tertiary/aromatic N) is 2. The summed E-state index contributed by atoms with van der Waals surface area (Å²) in [4.78, 5) is 7.06. The molecule has 1 saturated carbocycles. The molecule has 2 aromatic heterocycles. The molecule has 5 rings (SSSR count). The highest BCUT2D eigenvalue weighted by atomic mass is 16.3. The summed E-state index contributed by atoms with van der Waals surface area (Å²) in [6.07, 6.45) is 4.83. The lowest BCUT2D eigenvalue weighted by atomic mass is 9.86. The summed E-state index contributed by atoms with van der Waals surface area (Å²) in [6, 6.07) is 23.6. The Balaban J connectivity index is 1.12. The lowest BCUT2D eigenvalue weighted by Gasteiger charge is -2.30. The van der Waals surface area contributed by atoms with Gasteiger partial charge in [0.15, 0.2) is 0 Å². The molecular formula is C30H36N4O. The first-order valence-electron chi connectivity index (χ1n) is 12.8. The lowest BCUT2D eigenvalue weighted by molar-refractivity contribution is 0.324. The molecule has 182 valence electrons. The van der Waals surface area contributed by atoms with E-state index in [0.717, 1.165) is 47.4 Å². The molecule has 2 aromatic carbocycles. The van der Waals surface area contributed by atoms with Crippen LogP contribution in [-0.4, -0.2) is 31.7 Å². The third-order valence-corrected chi connectivity index (χ3v) is 7.20. The first kappa shape index (κ1) is 23.4. The van der Waals surface area contributed by atoms with Gasteiger partial charge in [0.05, 0.1) is 5.52 Å². The second kappa shape index (κ2) is 10.5. The van der Waals surface area contributed by atoms with E-state index in [9.17, 15) is 0 Å². The van der Waals surface area contributed by atoms with Gasteiger partial charge >= 0.3 is 0 Å². The SMILES string of the molecule is Cc1oc(-c2ccccc2)cc1CNC[C@H]1CC[C@@H](Nc2cc(N(C)C)c3ccccc3n2)CC1. The van der Waals surface area contributed by atoms with Gasteiger partial charge in [-0.3, -0.25) is 0 Å². The average Bonchev–Trinajstić information content (AvgIpc) is 3.25. The van der Waals surface area contributed by atoms with Gasteiger partial charge in [-0.15, -0.1) is 0 Å². The Bertz CT molecular complexity index is 1260. The van der Waals surface area contributed by atoms with Gasteiger partial charge in [-0.2, -0.15) is 0 Å². The number of anilines is 2. The van der Waals surface area contributed by atoms with E-state index >= 15 is 0 Å². The maximum atomic E-state index is 6.01. The van der Waals surface area contributed by atoms with Crippen molar-refractivity contribution in [3.8, 4) is 11.3 Å². The van der Waals surface area contributed by atoms with Gasteiger partial charge < -0.3 is 20.0 Å². The normalized spacial score (nSPS) is 18.0. The number of hydrogen-bond donors (Lipinski definition) is 2. The predicted molar refractivity (Wildman–Crippen MR) is 146 cm³/mol. The van der Waals surface area contributed by atoms with E-state index < -0.39 is 0 Å². The topological polar surface area (TPSA) is 53.3 Å². The second-order valence-corrected chi connectivity index (χ2v) is 9.99. The molecule has 0 amide bonds. The predicted octanol–water partition coefficient (Wildman–Crippen LogP) is 6.63. The molecule has 1 aliphatic rings. The van der Waals surface area contributed by atoms with Crippen LogP contribution in [0.4, 0.5) is 11.5 Å². The molecule has 0 bridgehead atoms. The van der Waals surface area contributed by atoms with E-state index in [-0.39, 0.29) is 0 Å². The van der Waals surface area contributed by atoms with Crippen molar-refractivity contribution >= 4 is 22.4 Å². The Morgan fingerprint density at radius 1 is 0.943 bits per heavy atom. The Morgan fingerprint density at radius 3 is 2.46 bits per heavy atom. The van der Waals surface area contributed by atoms with Crippen molar-refractivity contribution in [1.29, 1.82) is 0 Å². The number of hydrogen-bond acceptors (Lipinski definition) is 5. The van der Waals surface area contributed by atoms with Crippen LogP contribution < -0.4 is 15.5 Å². The highest BCUT2D eigenvalue weighted by molar-refractivity contribution is 5.93. The minimum absolute atomic E-state index is 0.486. The zero-order chi connectivity index (χ0) is 24.2. The van der Waals surface area contributed by atoms with Gasteiger partial charge in [-0.1, -0.05) is 48.5 Å². The summed E-state index contributed by atoms with van der Waals surface area (Å²) in [7, 11) is 4.19. The molecule has 2 N–H and O–H groups in total. The third kappa shape index (κ3) is 5.51. The molecule has 0 atom stereocenters. The van der Waals surface area contributed by atoms with Gasteiger partial charge in [0.1, 0.15) is 17.3 Å². The van der Waals surface area contributed by atoms with Gasteiger partial charge in [0.2, 0.25) is 0 Å². The van der Waals surface area contributed by atoms with Crippen LogP contribution in [0.25, 0.3) is 22.2 Å². The van der Waals surface area contributed by atoms with Crippen LogP contribution in [0.5, 0.6) is 0 Å². The first-order chi connectivity index (χ1) is 17.1. The monoisotopic (exact) mass is 468 g/mol. The highest BCUT2D eigenvalue weighted by Gasteiger charge is 2.22. The third-order valence-electron chi connectivity index (χ3n) is 7.20. The van der Waals surface area contributed by atoms with Crippen LogP contribution in [0.2, 0.25) is 0 Å². The number of aryl methyl sites for hydroxylation is 1. The molecule has 4 aromatic rings. The molecule has 5 nitrogen and oxygen atoms in total. The molecule has 2 heterocycles. The molecule has 0 radical (unpaired) electrons. The van der Waals surface area contributed by atoms with E-state index in [4.69, 9.17) is 9.40 Å². The molecule has 5 heteroatoms. The number of nitrogens with one attached hydrogen (secondary N) is 2. The smallest absolute Gasteiger partial charge is 0.134 e. The molecular weight excluding hydrogens is 432 g/mol. The van der Waals surface area contributed by atoms with Crippen molar-refractivity contribution in [3.05, 3.63) is 78.1 Å². The van der Waals surface area contributed by atoms with Gasteiger partial charge in [-0.25, -0.2) is 4.98 Å². The van der Waals surface area contributed by atoms with Gasteiger partial charge in [0.25, 0.3) is 0 Å². The summed E-state index contributed by atoms with van der Waals surface area (Å²) in [5.74, 6) is 3.66. The zero-order valence-corrected chi connectivity index (χ0v) is 21.1. The minimum atomic E-state index is 0.486. The standard InChI is InChI=1S/C30H36N4O/c1-21-24(17-29(35-21)23-9-5-4-6-10-23)20-31-19-22-13-15-25(16-14-22)32-30-18-28(34(2)3)26-11-7-8-12-27(26)33-30/h4-12,17-18,22,25,31H,13-16,19-20H2,1-3H3,(H,32,33)/t22-,25+. The second-order valence-electron chi connectivity index (χ2n) is 9.99. The van der Waals surface area contributed by atoms with Crippen LogP contribution in [0.15, 0.2) is 71.1 Å². The molecule has 0 aliphatic heterocycles. The van der Waals surface area contributed by atoms with Gasteiger partial charge in [-0.05, 0) is 57.2 Å². The van der Waals surface area contributed by atoms with Crippen molar-refractivity contribution < 1.29 is 4.42 Å². The van der Waals surface area contributed by atoms with Crippen LogP contribution in [0.1, 0.15) is 37.0 Å². The number of furan rings is 1. The van der Waals surface area contributed by atoms with Crippen LogP contribution in [0.3, 0.4) is 0 Å². The van der Waals surface area contributed by atoms with Crippen molar-refractivity contribution in [3.63, 3.8) is 0 Å². The van der Waals surface area contributed by atoms with Crippen LogP contribution in [0, 0.1) is 12.8 Å². The largest absolute Gasteiger partial charge is 0.461 e. The number of rotatable bonds is 8. The van der Waals surface area contributed by atoms with Crippen molar-refractivity contribution in [2.45, 2.75) is 45.2 Å². The molecule has 0 saturated heterocycles. The quantitative estimate of drug-likeness (QED) is 0.304. The molecule has 1 fully saturated rings. The molecule has 35 heavy (non-hydrogen) atoms. The van der Waals surface area contributed by atoms with Crippen molar-refractivity contribution in [2.75, 3.05) is 30.9 Å². The zero-order valence-electron chi connectivity index (χ0n) is 21.1. The summed E-state index contributed by atoms with van der Waals surface area (Å²) < 4.78 is 6.01. The fourth-order valence-corrected chi connectivity index (χ4v) is 5.17. The van der Waals surface area contributed by atoms with Gasteiger partial charge in [0, 0.05) is 54.9 Å². The number of fused-ring (bicyclic) bond motifs is 1. The fourth-order valence-electron chi connectivity index (χ4n) is 5.17. The van der Waals surface area contributed by atoms with Crippen molar-refractivity contribution in [2.24, 2.45) is 5.92 Å². The van der Waals surface area contributed by atoms with E-state index in [1.54, 1.807) is 0 Å². The highest BCUT2D eigenvalue weighted by Crippen LogP contribution is 2.31. The summed E-state index contributed by atoms with van der Waals surface area (Å²) in [5, 5.41) is 8.61. The first-order valence-corrected chi connectivity index (χ1v) is 12.8. The Morgan fingerprint density at radius 2 is 1.69 bits per heavy atom. The fraction of sp³-hybridized carbons (Fsp3) is 0.367. The minimum Gasteiger partial charge on any atom is -0.461 e. The summed E-state index contributed by atoms with van der Waals surface area (Å²) in [6.45, 7) is 3.97. The Hall–Kier alpha value is -3.31. The van der Waals surface area contributed by atoms with E-state index in [1.165, 1.54) is 42.3 Å².